The molecular weight excluding hydrogens is 202 g/mol. The molecule has 0 atom stereocenters. The van der Waals surface area contributed by atoms with Crippen molar-refractivity contribution in [1.29, 1.82) is 0 Å². The summed E-state index contributed by atoms with van der Waals surface area (Å²) in [4.78, 5) is 0. The third-order valence-electron chi connectivity index (χ3n) is 1.99. The number of aryl methyl sites for hydroxylation is 1. The van der Waals surface area contributed by atoms with Crippen LogP contribution < -0.4 is 10.3 Å². The molecule has 0 unspecified atom stereocenters. The van der Waals surface area contributed by atoms with Gasteiger partial charge in [0.05, 0.1) is 13.3 Å². The lowest BCUT2D eigenvalue weighted by molar-refractivity contribution is -0.671. The highest BCUT2D eigenvalue weighted by Crippen LogP contribution is 1.88. The largest absolute Gasteiger partial charge is 0.497 e. The van der Waals surface area contributed by atoms with Crippen LogP contribution in [-0.4, -0.2) is 11.2 Å². The van der Waals surface area contributed by atoms with Crippen molar-refractivity contribution < 1.29 is 9.30 Å². The summed E-state index contributed by atoms with van der Waals surface area (Å²) in [7, 11) is 1.99. The van der Waals surface area contributed by atoms with Crippen molar-refractivity contribution in [3.05, 3.63) is 55.5 Å². The maximum absolute atomic E-state index is 5.51. The molecule has 0 saturated heterocycles. The van der Waals surface area contributed by atoms with E-state index in [1.54, 1.807) is 24.5 Å². The zero-order valence-corrected chi connectivity index (χ0v) is 9.54. The number of hydrogen-bond acceptors (Lipinski definition) is 2. The summed E-state index contributed by atoms with van der Waals surface area (Å²) in [5.41, 5.74) is 6.13. The number of allylic oxidation sites excluding steroid dienone is 3. The Morgan fingerprint density at radius 2 is 2.44 bits per heavy atom. The number of nitrogens with two attached hydrogens (primary N) is 1. The van der Waals surface area contributed by atoms with Crippen LogP contribution in [0.1, 0.15) is 0 Å². The van der Waals surface area contributed by atoms with Crippen LogP contribution in [0, 0.1) is 0 Å². The Labute approximate surface area is 95.9 Å². The molecule has 0 spiro atoms. The van der Waals surface area contributed by atoms with Gasteiger partial charge in [-0.1, -0.05) is 6.58 Å². The van der Waals surface area contributed by atoms with Crippen LogP contribution >= 0.6 is 0 Å². The van der Waals surface area contributed by atoms with E-state index in [9.17, 15) is 0 Å². The van der Waals surface area contributed by atoms with E-state index in [1.807, 2.05) is 30.3 Å². The first-order valence-electron chi connectivity index (χ1n) is 5.09. The van der Waals surface area contributed by atoms with Gasteiger partial charge in [-0.15, -0.1) is 0 Å². The van der Waals surface area contributed by atoms with Crippen LogP contribution in [0.2, 0.25) is 0 Å². The Balaban J connectivity index is 2.19. The van der Waals surface area contributed by atoms with Crippen LogP contribution in [-0.2, 0) is 18.3 Å². The molecule has 0 aliphatic rings. The molecule has 1 rings (SSSR count). The van der Waals surface area contributed by atoms with Crippen molar-refractivity contribution in [3.63, 3.8) is 0 Å². The van der Waals surface area contributed by atoms with E-state index >= 15 is 0 Å². The van der Waals surface area contributed by atoms with Gasteiger partial charge in [0.25, 0.3) is 0 Å². The van der Waals surface area contributed by atoms with E-state index in [4.69, 9.17) is 10.5 Å². The summed E-state index contributed by atoms with van der Waals surface area (Å²) >= 11 is 0. The number of aromatic nitrogens is 2. The summed E-state index contributed by atoms with van der Waals surface area (Å²) in [5.74, 6) is 0. The van der Waals surface area contributed by atoms with Crippen LogP contribution in [0.25, 0.3) is 0 Å². The number of ether oxygens (including phenoxy) is 1. The van der Waals surface area contributed by atoms with E-state index in [-0.39, 0.29) is 0 Å². The molecule has 1 aromatic rings. The summed E-state index contributed by atoms with van der Waals surface area (Å²) < 4.78 is 9.34. The van der Waals surface area contributed by atoms with Crippen LogP contribution in [0.15, 0.2) is 55.5 Å². The second-order valence-corrected chi connectivity index (χ2v) is 3.39. The molecule has 16 heavy (non-hydrogen) atoms. The molecule has 0 radical (unpaired) electrons. The second-order valence-electron chi connectivity index (χ2n) is 3.39. The molecule has 1 heterocycles. The van der Waals surface area contributed by atoms with Gasteiger partial charge in [-0.3, -0.25) is 0 Å². The maximum atomic E-state index is 5.51. The zero-order valence-electron chi connectivity index (χ0n) is 9.54. The SMILES string of the molecule is C=C/C(N)=C\C=C\OCCn1cc[n+](C)c1. The first-order valence-corrected chi connectivity index (χ1v) is 5.09. The Hall–Kier alpha value is -1.97. The molecule has 0 saturated carbocycles. The van der Waals surface area contributed by atoms with Gasteiger partial charge in [0.15, 0.2) is 0 Å². The predicted molar refractivity (Wildman–Crippen MR) is 63.2 cm³/mol. The van der Waals surface area contributed by atoms with E-state index in [2.05, 4.69) is 11.1 Å². The van der Waals surface area contributed by atoms with Gasteiger partial charge in [0.2, 0.25) is 6.33 Å². The monoisotopic (exact) mass is 220 g/mol. The average Bonchev–Trinajstić information content (AvgIpc) is 2.69. The minimum Gasteiger partial charge on any atom is -0.497 e. The zero-order chi connectivity index (χ0) is 11.8. The van der Waals surface area contributed by atoms with Crippen LogP contribution in [0.3, 0.4) is 0 Å². The summed E-state index contributed by atoms with van der Waals surface area (Å²) in [6, 6.07) is 0. The van der Waals surface area contributed by atoms with Crippen molar-refractivity contribution in [2.45, 2.75) is 6.54 Å². The Morgan fingerprint density at radius 3 is 3.06 bits per heavy atom. The number of nitrogens with zero attached hydrogens (tertiary/aromatic N) is 2. The standard InChI is InChI=1S/C12H18N3O/c1-3-12(13)5-4-9-16-10-8-15-7-6-14(2)11-15/h3-7,9,11H,1,8,10,13H2,2H3/q+1/b9-4+,12-5+. The second kappa shape index (κ2) is 6.50. The summed E-state index contributed by atoms with van der Waals surface area (Å²) in [6.07, 6.45) is 12.7. The molecule has 0 bridgehead atoms. The lowest BCUT2D eigenvalue weighted by atomic mass is 10.4. The van der Waals surface area contributed by atoms with Gasteiger partial charge in [-0.25, -0.2) is 9.13 Å². The Bertz CT molecular complexity index is 391. The van der Waals surface area contributed by atoms with Crippen molar-refractivity contribution >= 4 is 0 Å². The Kier molecular flexibility index (Phi) is 4.92. The van der Waals surface area contributed by atoms with Gasteiger partial charge < -0.3 is 10.5 Å². The van der Waals surface area contributed by atoms with Gasteiger partial charge in [-0.2, -0.15) is 0 Å². The lowest BCUT2D eigenvalue weighted by Gasteiger charge is -1.96. The molecule has 86 valence electrons. The molecule has 0 aromatic carbocycles. The smallest absolute Gasteiger partial charge is 0.243 e. The summed E-state index contributed by atoms with van der Waals surface area (Å²) in [6.45, 7) is 5.00. The van der Waals surface area contributed by atoms with E-state index in [0.29, 0.717) is 12.3 Å². The molecule has 0 aliphatic heterocycles. The minimum absolute atomic E-state index is 0.622. The highest BCUT2D eigenvalue weighted by Gasteiger charge is 1.97. The number of rotatable bonds is 6. The van der Waals surface area contributed by atoms with Gasteiger partial charge >= 0.3 is 0 Å². The highest BCUT2D eigenvalue weighted by molar-refractivity contribution is 5.17. The molecule has 4 nitrogen and oxygen atoms in total. The average molecular weight is 220 g/mol. The maximum Gasteiger partial charge on any atom is 0.243 e. The molecule has 0 fully saturated rings. The fourth-order valence-electron chi connectivity index (χ4n) is 1.13. The highest BCUT2D eigenvalue weighted by atomic mass is 16.5. The predicted octanol–water partition coefficient (Wildman–Crippen LogP) is 0.871. The first kappa shape index (κ1) is 12.1. The van der Waals surface area contributed by atoms with Gasteiger partial charge in [0.1, 0.15) is 25.5 Å². The topological polar surface area (TPSA) is 44.1 Å². The number of imidazole rings is 1. The van der Waals surface area contributed by atoms with E-state index < -0.39 is 0 Å². The fourth-order valence-corrected chi connectivity index (χ4v) is 1.13. The van der Waals surface area contributed by atoms with E-state index in [0.717, 1.165) is 6.54 Å². The molecular formula is C12H18N3O+. The molecule has 2 N–H and O–H groups in total. The fraction of sp³-hybridized carbons (Fsp3) is 0.250. The van der Waals surface area contributed by atoms with Crippen molar-refractivity contribution in [2.24, 2.45) is 12.8 Å². The quantitative estimate of drug-likeness (QED) is 0.334. The first-order chi connectivity index (χ1) is 7.72. The minimum atomic E-state index is 0.622. The van der Waals surface area contributed by atoms with Crippen molar-refractivity contribution in [1.82, 2.24) is 4.57 Å². The molecule has 1 aromatic heterocycles. The third-order valence-corrected chi connectivity index (χ3v) is 1.99. The third kappa shape index (κ3) is 4.50. The number of hydrogen-bond donors (Lipinski definition) is 1. The van der Waals surface area contributed by atoms with E-state index in [1.165, 1.54) is 0 Å². The Morgan fingerprint density at radius 1 is 1.62 bits per heavy atom. The van der Waals surface area contributed by atoms with Crippen LogP contribution in [0.4, 0.5) is 0 Å². The normalized spacial score (nSPS) is 11.9. The van der Waals surface area contributed by atoms with Crippen molar-refractivity contribution in [2.75, 3.05) is 6.61 Å². The lowest BCUT2D eigenvalue weighted by Crippen LogP contribution is -2.24. The molecule has 0 aliphatic carbocycles. The molecule has 0 amide bonds. The van der Waals surface area contributed by atoms with Crippen molar-refractivity contribution in [3.8, 4) is 0 Å². The summed E-state index contributed by atoms with van der Waals surface area (Å²) in [5, 5.41) is 0. The van der Waals surface area contributed by atoms with Gasteiger partial charge in [-0.05, 0) is 18.2 Å². The van der Waals surface area contributed by atoms with Crippen LogP contribution in [0.5, 0.6) is 0 Å². The van der Waals surface area contributed by atoms with Gasteiger partial charge in [0, 0.05) is 5.70 Å². The molecule has 4 heteroatoms.